The van der Waals surface area contributed by atoms with Crippen molar-refractivity contribution in [2.75, 3.05) is 7.11 Å². The summed E-state index contributed by atoms with van der Waals surface area (Å²) in [4.78, 5) is 17.1. The average molecular weight is 443 g/mol. The van der Waals surface area contributed by atoms with Gasteiger partial charge in [-0.2, -0.15) is 0 Å². The standard InChI is InChI=1S/C21H19BrN2O2S/c1-26-19-10-3-2-7-16(19)13-24-20(25)18-9-5-11-23-21(18)27-14-15-6-4-8-17(22)12-15/h2-12H,13-14H2,1H3,(H,24,25). The van der Waals surface area contributed by atoms with Crippen molar-refractivity contribution < 1.29 is 9.53 Å². The Balaban J connectivity index is 1.68. The molecule has 0 bridgehead atoms. The third kappa shape index (κ3) is 5.34. The Kier molecular flexibility index (Phi) is 6.90. The lowest BCUT2D eigenvalue weighted by Gasteiger charge is -2.11. The summed E-state index contributed by atoms with van der Waals surface area (Å²) >= 11 is 5.03. The second-order valence-corrected chi connectivity index (χ2v) is 7.65. The van der Waals surface area contributed by atoms with Crippen molar-refractivity contribution in [3.63, 3.8) is 0 Å². The van der Waals surface area contributed by atoms with Crippen LogP contribution in [0.4, 0.5) is 0 Å². The summed E-state index contributed by atoms with van der Waals surface area (Å²) in [6, 6.07) is 19.3. The molecule has 1 aromatic heterocycles. The molecule has 0 aliphatic heterocycles. The molecular formula is C21H19BrN2O2S. The van der Waals surface area contributed by atoms with Crippen LogP contribution in [0.15, 0.2) is 76.4 Å². The Morgan fingerprint density at radius 1 is 1.15 bits per heavy atom. The maximum Gasteiger partial charge on any atom is 0.254 e. The summed E-state index contributed by atoms with van der Waals surface area (Å²) in [6.07, 6.45) is 1.71. The highest BCUT2D eigenvalue weighted by molar-refractivity contribution is 9.10. The number of nitrogens with one attached hydrogen (secondary N) is 1. The number of aromatic nitrogens is 1. The molecule has 0 saturated heterocycles. The summed E-state index contributed by atoms with van der Waals surface area (Å²) in [5.74, 6) is 1.35. The van der Waals surface area contributed by atoms with Crippen LogP contribution in [0.3, 0.4) is 0 Å². The topological polar surface area (TPSA) is 51.2 Å². The van der Waals surface area contributed by atoms with E-state index in [4.69, 9.17) is 4.74 Å². The zero-order valence-electron chi connectivity index (χ0n) is 14.8. The van der Waals surface area contributed by atoms with Crippen molar-refractivity contribution >= 4 is 33.6 Å². The molecule has 0 fully saturated rings. The highest BCUT2D eigenvalue weighted by Gasteiger charge is 2.13. The molecule has 27 heavy (non-hydrogen) atoms. The van der Waals surface area contributed by atoms with E-state index in [-0.39, 0.29) is 5.91 Å². The fourth-order valence-electron chi connectivity index (χ4n) is 2.58. The number of para-hydroxylation sites is 1. The Bertz CT molecular complexity index is 933. The summed E-state index contributed by atoms with van der Waals surface area (Å²) in [5.41, 5.74) is 2.67. The lowest BCUT2D eigenvalue weighted by Crippen LogP contribution is -2.24. The molecule has 2 aromatic carbocycles. The maximum absolute atomic E-state index is 12.7. The fraction of sp³-hybridized carbons (Fsp3) is 0.143. The Morgan fingerprint density at radius 2 is 2.00 bits per heavy atom. The molecule has 138 valence electrons. The van der Waals surface area contributed by atoms with Crippen molar-refractivity contribution in [2.24, 2.45) is 0 Å². The van der Waals surface area contributed by atoms with Crippen molar-refractivity contribution in [3.8, 4) is 5.75 Å². The van der Waals surface area contributed by atoms with Gasteiger partial charge in [0.05, 0.1) is 12.7 Å². The number of thioether (sulfide) groups is 1. The first-order valence-electron chi connectivity index (χ1n) is 8.39. The molecule has 1 N–H and O–H groups in total. The molecule has 0 aliphatic carbocycles. The molecule has 0 atom stereocenters. The molecule has 1 amide bonds. The van der Waals surface area contributed by atoms with Gasteiger partial charge >= 0.3 is 0 Å². The first-order chi connectivity index (χ1) is 13.2. The van der Waals surface area contributed by atoms with Crippen LogP contribution < -0.4 is 10.1 Å². The van der Waals surface area contributed by atoms with Crippen LogP contribution in [0, 0.1) is 0 Å². The number of benzene rings is 2. The zero-order chi connectivity index (χ0) is 19.1. The predicted octanol–water partition coefficient (Wildman–Crippen LogP) is 5.08. The van der Waals surface area contributed by atoms with Gasteiger partial charge in [0.25, 0.3) is 5.91 Å². The Labute approximate surface area is 171 Å². The van der Waals surface area contributed by atoms with Gasteiger partial charge in [-0.25, -0.2) is 4.98 Å². The molecule has 3 aromatic rings. The number of nitrogens with zero attached hydrogens (tertiary/aromatic N) is 1. The minimum absolute atomic E-state index is 0.147. The fourth-order valence-corrected chi connectivity index (χ4v) is 3.96. The monoisotopic (exact) mass is 442 g/mol. The van der Waals surface area contributed by atoms with Gasteiger partial charge < -0.3 is 10.1 Å². The molecule has 0 radical (unpaired) electrons. The minimum Gasteiger partial charge on any atom is -0.496 e. The van der Waals surface area contributed by atoms with Crippen LogP contribution in [0.2, 0.25) is 0 Å². The van der Waals surface area contributed by atoms with E-state index >= 15 is 0 Å². The number of carbonyl (C=O) groups is 1. The molecule has 0 saturated carbocycles. The quantitative estimate of drug-likeness (QED) is 0.518. The number of ether oxygens (including phenoxy) is 1. The van der Waals surface area contributed by atoms with Gasteiger partial charge in [-0.05, 0) is 35.9 Å². The first kappa shape index (κ1) is 19.5. The van der Waals surface area contributed by atoms with Crippen LogP contribution in [0.25, 0.3) is 0 Å². The highest BCUT2D eigenvalue weighted by atomic mass is 79.9. The minimum atomic E-state index is -0.147. The van der Waals surface area contributed by atoms with Gasteiger partial charge in [0.1, 0.15) is 10.8 Å². The second kappa shape index (κ2) is 9.58. The lowest BCUT2D eigenvalue weighted by atomic mass is 10.2. The van der Waals surface area contributed by atoms with Crippen molar-refractivity contribution in [1.29, 1.82) is 0 Å². The van der Waals surface area contributed by atoms with Crippen LogP contribution in [-0.2, 0) is 12.3 Å². The molecule has 4 nitrogen and oxygen atoms in total. The smallest absolute Gasteiger partial charge is 0.254 e. The van der Waals surface area contributed by atoms with Gasteiger partial charge in [0, 0.05) is 28.5 Å². The molecule has 3 rings (SSSR count). The van der Waals surface area contributed by atoms with E-state index in [1.807, 2.05) is 36.4 Å². The molecule has 0 unspecified atom stereocenters. The Hall–Kier alpha value is -2.31. The number of rotatable bonds is 7. The normalized spacial score (nSPS) is 10.4. The SMILES string of the molecule is COc1ccccc1CNC(=O)c1cccnc1SCc1cccc(Br)c1. The molecule has 1 heterocycles. The lowest BCUT2D eigenvalue weighted by molar-refractivity contribution is 0.0947. The third-order valence-corrected chi connectivity index (χ3v) is 5.48. The zero-order valence-corrected chi connectivity index (χ0v) is 17.2. The molecular weight excluding hydrogens is 424 g/mol. The number of carbonyl (C=O) groups excluding carboxylic acids is 1. The van der Waals surface area contributed by atoms with E-state index in [2.05, 4.69) is 38.4 Å². The predicted molar refractivity (Wildman–Crippen MR) is 112 cm³/mol. The summed E-state index contributed by atoms with van der Waals surface area (Å²) in [5, 5.41) is 3.68. The number of hydrogen-bond acceptors (Lipinski definition) is 4. The summed E-state index contributed by atoms with van der Waals surface area (Å²) < 4.78 is 6.37. The number of amides is 1. The van der Waals surface area contributed by atoms with E-state index in [0.29, 0.717) is 12.1 Å². The van der Waals surface area contributed by atoms with Crippen molar-refractivity contribution in [3.05, 3.63) is 88.0 Å². The van der Waals surface area contributed by atoms with Gasteiger partial charge in [-0.15, -0.1) is 11.8 Å². The van der Waals surface area contributed by atoms with E-state index in [9.17, 15) is 4.79 Å². The van der Waals surface area contributed by atoms with E-state index in [1.165, 1.54) is 5.56 Å². The van der Waals surface area contributed by atoms with E-state index in [0.717, 1.165) is 26.6 Å². The molecule has 6 heteroatoms. The van der Waals surface area contributed by atoms with E-state index in [1.54, 1.807) is 37.2 Å². The van der Waals surface area contributed by atoms with Crippen LogP contribution in [0.5, 0.6) is 5.75 Å². The van der Waals surface area contributed by atoms with Gasteiger partial charge in [0.2, 0.25) is 0 Å². The summed E-state index contributed by atoms with van der Waals surface area (Å²) in [7, 11) is 1.62. The number of halogens is 1. The third-order valence-electron chi connectivity index (χ3n) is 3.91. The molecule has 0 spiro atoms. The van der Waals surface area contributed by atoms with Crippen LogP contribution >= 0.6 is 27.7 Å². The van der Waals surface area contributed by atoms with Gasteiger partial charge in [0.15, 0.2) is 0 Å². The van der Waals surface area contributed by atoms with Crippen LogP contribution in [0.1, 0.15) is 21.5 Å². The summed E-state index contributed by atoms with van der Waals surface area (Å²) in [6.45, 7) is 0.396. The number of methoxy groups -OCH3 is 1. The number of pyridine rings is 1. The Morgan fingerprint density at radius 3 is 2.81 bits per heavy atom. The number of hydrogen-bond donors (Lipinski definition) is 1. The highest BCUT2D eigenvalue weighted by Crippen LogP contribution is 2.25. The van der Waals surface area contributed by atoms with E-state index < -0.39 is 0 Å². The van der Waals surface area contributed by atoms with Gasteiger partial charge in [-0.1, -0.05) is 46.3 Å². The molecule has 0 aliphatic rings. The van der Waals surface area contributed by atoms with Gasteiger partial charge in [-0.3, -0.25) is 4.79 Å². The largest absolute Gasteiger partial charge is 0.496 e. The average Bonchev–Trinajstić information content (AvgIpc) is 2.71. The van der Waals surface area contributed by atoms with Crippen LogP contribution in [-0.4, -0.2) is 18.0 Å². The first-order valence-corrected chi connectivity index (χ1v) is 10.2. The maximum atomic E-state index is 12.7. The van der Waals surface area contributed by atoms with Crippen molar-refractivity contribution in [1.82, 2.24) is 10.3 Å². The van der Waals surface area contributed by atoms with Crippen molar-refractivity contribution in [2.45, 2.75) is 17.3 Å². The second-order valence-electron chi connectivity index (χ2n) is 5.77.